The molecule has 0 aliphatic heterocycles. The number of hydrogen-bond acceptors (Lipinski definition) is 7. The zero-order valence-corrected chi connectivity index (χ0v) is 23.7. The summed E-state index contributed by atoms with van der Waals surface area (Å²) in [7, 11) is 0. The van der Waals surface area contributed by atoms with Crippen molar-refractivity contribution in [2.24, 2.45) is 0 Å². The molecule has 38 heavy (non-hydrogen) atoms. The molecule has 204 valence electrons. The first kappa shape index (κ1) is 30.8. The number of carbonyl (C=O) groups excluding carboxylic acids is 3. The normalized spacial score (nSPS) is 12.6. The molecule has 2 unspecified atom stereocenters. The molecule has 3 N–H and O–H groups in total. The van der Waals surface area contributed by atoms with Gasteiger partial charge in [-0.2, -0.15) is 17.0 Å². The zero-order valence-electron chi connectivity index (χ0n) is 22.1. The molecule has 0 saturated heterocycles. The van der Waals surface area contributed by atoms with Gasteiger partial charge in [0.15, 0.2) is 0 Å². The Hall–Kier alpha value is -3.42. The van der Waals surface area contributed by atoms with Crippen LogP contribution in [-0.4, -0.2) is 58.1 Å². The van der Waals surface area contributed by atoms with Gasteiger partial charge < -0.3 is 25.4 Å². The van der Waals surface area contributed by atoms with Crippen LogP contribution in [0.3, 0.4) is 0 Å². The van der Waals surface area contributed by atoms with Crippen molar-refractivity contribution in [1.29, 1.82) is 5.26 Å². The average molecular weight is 561 g/mol. The standard InChI is InChI=1S/C27H33ClN4O5S/c1-17-8-6-11-20(28)22(17)31-24(34)23(18-9-7-10-19(33)16-18)32(14-13-29)25(35)21(12-15-38-5)30-26(36)37-27(2,3)4/h6-11,16,21,23,33H,12,14-15H2,1-5H3,(H,30,36)(H,31,34). The highest BCUT2D eigenvalue weighted by Crippen LogP contribution is 2.30. The van der Waals surface area contributed by atoms with E-state index in [-0.39, 0.29) is 17.7 Å². The minimum absolute atomic E-state index is 0.121. The number of aryl methyl sites for hydroxylation is 1. The number of anilines is 1. The lowest BCUT2D eigenvalue weighted by Crippen LogP contribution is -2.52. The number of aromatic hydroxyl groups is 1. The molecule has 0 aliphatic rings. The number of alkyl carbamates (subject to hydrolysis) is 1. The summed E-state index contributed by atoms with van der Waals surface area (Å²) in [6.07, 6.45) is 1.30. The first-order valence-electron chi connectivity index (χ1n) is 11.9. The molecule has 2 rings (SSSR count). The SMILES string of the molecule is CSCCC(NC(=O)OC(C)(C)C)C(=O)N(CC#N)C(C(=O)Nc1c(C)cccc1Cl)c1cccc(O)c1. The molecule has 9 nitrogen and oxygen atoms in total. The molecule has 2 aromatic rings. The predicted octanol–water partition coefficient (Wildman–Crippen LogP) is 5.03. The average Bonchev–Trinajstić information content (AvgIpc) is 2.82. The van der Waals surface area contributed by atoms with Crippen LogP contribution in [0.15, 0.2) is 42.5 Å². The number of nitriles is 1. The number of phenolic OH excluding ortho intramolecular Hbond substituents is 1. The number of para-hydroxylation sites is 1. The van der Waals surface area contributed by atoms with Crippen molar-refractivity contribution < 1.29 is 24.2 Å². The van der Waals surface area contributed by atoms with Crippen molar-refractivity contribution in [1.82, 2.24) is 10.2 Å². The Kier molecular flexibility index (Phi) is 11.3. The van der Waals surface area contributed by atoms with Crippen molar-refractivity contribution in [3.8, 4) is 11.8 Å². The molecule has 0 spiro atoms. The highest BCUT2D eigenvalue weighted by atomic mass is 35.5. The third-order valence-corrected chi connectivity index (χ3v) is 6.30. The van der Waals surface area contributed by atoms with E-state index in [4.69, 9.17) is 16.3 Å². The monoisotopic (exact) mass is 560 g/mol. The van der Waals surface area contributed by atoms with E-state index in [0.717, 1.165) is 4.90 Å². The number of thioether (sulfide) groups is 1. The first-order valence-corrected chi connectivity index (χ1v) is 13.7. The van der Waals surface area contributed by atoms with Crippen molar-refractivity contribution >= 4 is 47.0 Å². The molecule has 0 fully saturated rings. The number of phenols is 1. The Morgan fingerprint density at radius 3 is 2.47 bits per heavy atom. The van der Waals surface area contributed by atoms with Gasteiger partial charge in [-0.3, -0.25) is 9.59 Å². The third kappa shape index (κ3) is 8.85. The maximum Gasteiger partial charge on any atom is 0.408 e. The minimum Gasteiger partial charge on any atom is -0.508 e. The summed E-state index contributed by atoms with van der Waals surface area (Å²) in [5, 5.41) is 25.4. The maximum atomic E-state index is 13.9. The van der Waals surface area contributed by atoms with Crippen LogP contribution in [0.1, 0.15) is 44.4 Å². The van der Waals surface area contributed by atoms with Crippen molar-refractivity contribution in [2.75, 3.05) is 23.9 Å². The van der Waals surface area contributed by atoms with Gasteiger partial charge in [0.2, 0.25) is 5.91 Å². The number of ether oxygens (including phenoxy) is 1. The zero-order chi connectivity index (χ0) is 28.5. The maximum absolute atomic E-state index is 13.9. The number of hydrogen-bond donors (Lipinski definition) is 3. The van der Waals surface area contributed by atoms with Gasteiger partial charge in [-0.15, -0.1) is 0 Å². The van der Waals surface area contributed by atoms with Crippen LogP contribution in [0, 0.1) is 18.3 Å². The lowest BCUT2D eigenvalue weighted by atomic mass is 10.0. The van der Waals surface area contributed by atoms with Gasteiger partial charge in [-0.05, 0) is 75.5 Å². The lowest BCUT2D eigenvalue weighted by molar-refractivity contribution is -0.140. The van der Waals surface area contributed by atoms with Crippen LogP contribution < -0.4 is 10.6 Å². The smallest absolute Gasteiger partial charge is 0.408 e. The predicted molar refractivity (Wildman–Crippen MR) is 149 cm³/mol. The topological polar surface area (TPSA) is 132 Å². The van der Waals surface area contributed by atoms with Crippen molar-refractivity contribution in [2.45, 2.75) is 51.8 Å². The van der Waals surface area contributed by atoms with Crippen LogP contribution in [0.5, 0.6) is 5.75 Å². The second-order valence-corrected chi connectivity index (χ2v) is 10.9. The summed E-state index contributed by atoms with van der Waals surface area (Å²) in [5.41, 5.74) is 0.541. The molecule has 0 saturated carbocycles. The van der Waals surface area contributed by atoms with Crippen LogP contribution in [0.2, 0.25) is 5.02 Å². The van der Waals surface area contributed by atoms with Gasteiger partial charge in [0.1, 0.15) is 30.0 Å². The molecule has 2 aromatic carbocycles. The van der Waals surface area contributed by atoms with Crippen LogP contribution in [0.4, 0.5) is 10.5 Å². The summed E-state index contributed by atoms with van der Waals surface area (Å²) < 4.78 is 5.33. The molecule has 0 radical (unpaired) electrons. The molecule has 0 aliphatic carbocycles. The molecular weight excluding hydrogens is 528 g/mol. The number of amides is 3. The van der Waals surface area contributed by atoms with Crippen LogP contribution in [-0.2, 0) is 14.3 Å². The molecule has 3 amide bonds. The third-order valence-electron chi connectivity index (χ3n) is 5.34. The van der Waals surface area contributed by atoms with Crippen molar-refractivity contribution in [3.63, 3.8) is 0 Å². The summed E-state index contributed by atoms with van der Waals surface area (Å²) >= 11 is 7.79. The van der Waals surface area contributed by atoms with Crippen LogP contribution in [0.25, 0.3) is 0 Å². The van der Waals surface area contributed by atoms with Gasteiger partial charge in [-0.25, -0.2) is 4.79 Å². The summed E-state index contributed by atoms with van der Waals surface area (Å²) in [6, 6.07) is 10.6. The second-order valence-electron chi connectivity index (χ2n) is 9.52. The largest absolute Gasteiger partial charge is 0.508 e. The van der Waals surface area contributed by atoms with E-state index in [9.17, 15) is 24.8 Å². The molecule has 0 bridgehead atoms. The fourth-order valence-electron chi connectivity index (χ4n) is 3.67. The van der Waals surface area contributed by atoms with E-state index in [1.54, 1.807) is 52.0 Å². The highest BCUT2D eigenvalue weighted by molar-refractivity contribution is 7.98. The van der Waals surface area contributed by atoms with Gasteiger partial charge in [0.25, 0.3) is 5.91 Å². The van der Waals surface area contributed by atoms with Crippen LogP contribution >= 0.6 is 23.4 Å². The van der Waals surface area contributed by atoms with E-state index >= 15 is 0 Å². The highest BCUT2D eigenvalue weighted by Gasteiger charge is 2.36. The minimum atomic E-state index is -1.32. The molecule has 0 aromatic heterocycles. The Morgan fingerprint density at radius 2 is 1.89 bits per heavy atom. The fourth-order valence-corrected chi connectivity index (χ4v) is 4.41. The second kappa shape index (κ2) is 13.9. The molecule has 11 heteroatoms. The first-order chi connectivity index (χ1) is 17.9. The van der Waals surface area contributed by atoms with Crippen molar-refractivity contribution in [3.05, 3.63) is 58.6 Å². The quantitative estimate of drug-likeness (QED) is 0.347. The van der Waals surface area contributed by atoms with E-state index in [1.807, 2.05) is 12.3 Å². The number of benzene rings is 2. The van der Waals surface area contributed by atoms with E-state index < -0.39 is 42.1 Å². The molecule has 0 heterocycles. The molecular formula is C27H33ClN4O5S. The van der Waals surface area contributed by atoms with Gasteiger partial charge in [0, 0.05) is 0 Å². The summed E-state index contributed by atoms with van der Waals surface area (Å²) in [5.74, 6) is -0.888. The Bertz CT molecular complexity index is 1170. The van der Waals surface area contributed by atoms with E-state index in [1.165, 1.54) is 30.0 Å². The van der Waals surface area contributed by atoms with Gasteiger partial charge in [-0.1, -0.05) is 35.9 Å². The Balaban J connectivity index is 2.53. The number of rotatable bonds is 10. The summed E-state index contributed by atoms with van der Waals surface area (Å²) in [4.78, 5) is 41.2. The number of halogens is 1. The van der Waals surface area contributed by atoms with E-state index in [2.05, 4.69) is 10.6 Å². The lowest BCUT2D eigenvalue weighted by Gasteiger charge is -2.33. The number of nitrogens with one attached hydrogen (secondary N) is 2. The summed E-state index contributed by atoms with van der Waals surface area (Å²) in [6.45, 7) is 6.41. The number of carbonyl (C=O) groups is 3. The molecule has 2 atom stereocenters. The Morgan fingerprint density at radius 1 is 1.21 bits per heavy atom. The Labute approximate surface area is 232 Å². The number of nitrogens with zero attached hydrogens (tertiary/aromatic N) is 2. The van der Waals surface area contributed by atoms with Gasteiger partial charge in [0.05, 0.1) is 16.8 Å². The van der Waals surface area contributed by atoms with Gasteiger partial charge >= 0.3 is 6.09 Å². The fraction of sp³-hybridized carbons (Fsp3) is 0.407. The van der Waals surface area contributed by atoms with E-state index in [0.29, 0.717) is 22.0 Å².